The van der Waals surface area contributed by atoms with Crippen molar-refractivity contribution in [3.05, 3.63) is 20.2 Å². The average molecular weight is 194 g/mol. The number of nitrogens with zero attached hydrogens (tertiary/aromatic N) is 2. The van der Waals surface area contributed by atoms with Crippen molar-refractivity contribution >= 4 is 0 Å². The van der Waals surface area contributed by atoms with E-state index in [0.29, 0.717) is 0 Å². The lowest BCUT2D eigenvalue weighted by Crippen LogP contribution is -2.42. The SMILES string of the molecule is O=[N+]([O-])OC(O[N+](=O)[O-])C1COC1. The fourth-order valence-electron chi connectivity index (χ4n) is 0.772. The quantitative estimate of drug-likeness (QED) is 0.325. The molecule has 0 aromatic carbocycles. The summed E-state index contributed by atoms with van der Waals surface area (Å²) < 4.78 is 4.67. The van der Waals surface area contributed by atoms with Gasteiger partial charge in [0.15, 0.2) is 0 Å². The van der Waals surface area contributed by atoms with E-state index >= 15 is 0 Å². The Kier molecular flexibility index (Phi) is 2.80. The van der Waals surface area contributed by atoms with Crippen LogP contribution in [0.3, 0.4) is 0 Å². The van der Waals surface area contributed by atoms with E-state index in [0.717, 1.165) is 0 Å². The first-order chi connectivity index (χ1) is 6.09. The van der Waals surface area contributed by atoms with E-state index in [2.05, 4.69) is 14.4 Å². The predicted octanol–water partition coefficient (Wildman–Crippen LogP) is -0.625. The molecule has 0 radical (unpaired) electrons. The molecule has 1 fully saturated rings. The van der Waals surface area contributed by atoms with Crippen LogP contribution in [0.1, 0.15) is 0 Å². The Morgan fingerprint density at radius 2 is 1.69 bits per heavy atom. The molecule has 0 bridgehead atoms. The molecule has 0 amide bonds. The van der Waals surface area contributed by atoms with Crippen LogP contribution < -0.4 is 0 Å². The van der Waals surface area contributed by atoms with Gasteiger partial charge in [-0.3, -0.25) is 9.68 Å². The third-order valence-electron chi connectivity index (χ3n) is 1.43. The summed E-state index contributed by atoms with van der Waals surface area (Å²) in [6, 6.07) is 0. The maximum atomic E-state index is 9.88. The Labute approximate surface area is 71.4 Å². The molecule has 1 saturated heterocycles. The fraction of sp³-hybridized carbons (Fsp3) is 1.00. The number of rotatable bonds is 5. The molecule has 1 rings (SSSR count). The van der Waals surface area contributed by atoms with Crippen molar-refractivity contribution in [2.45, 2.75) is 6.29 Å². The van der Waals surface area contributed by atoms with Crippen LogP contribution in [0.25, 0.3) is 0 Å². The summed E-state index contributed by atoms with van der Waals surface area (Å²) in [6.07, 6.45) is -1.49. The van der Waals surface area contributed by atoms with Gasteiger partial charge in [-0.1, -0.05) is 0 Å². The van der Waals surface area contributed by atoms with Crippen molar-refractivity contribution in [2.24, 2.45) is 5.92 Å². The first-order valence-electron chi connectivity index (χ1n) is 3.29. The van der Waals surface area contributed by atoms with Crippen LogP contribution in [-0.2, 0) is 14.4 Å². The largest absolute Gasteiger partial charge is 0.380 e. The second-order valence-corrected chi connectivity index (χ2v) is 2.32. The molecule has 0 aliphatic carbocycles. The van der Waals surface area contributed by atoms with Crippen molar-refractivity contribution in [3.8, 4) is 0 Å². The Hall–Kier alpha value is -1.64. The molecule has 9 nitrogen and oxygen atoms in total. The molecule has 13 heavy (non-hydrogen) atoms. The van der Waals surface area contributed by atoms with E-state index < -0.39 is 22.4 Å². The number of hydrogen-bond donors (Lipinski definition) is 0. The normalized spacial score (nSPS) is 16.4. The first-order valence-corrected chi connectivity index (χ1v) is 3.29. The molecule has 1 aliphatic rings. The minimum absolute atomic E-state index is 0.159. The summed E-state index contributed by atoms with van der Waals surface area (Å²) in [5.74, 6) is -0.462. The van der Waals surface area contributed by atoms with E-state index in [1.807, 2.05) is 0 Å². The van der Waals surface area contributed by atoms with Gasteiger partial charge < -0.3 is 4.74 Å². The molecule has 0 unspecified atom stereocenters. The van der Waals surface area contributed by atoms with E-state index in [9.17, 15) is 20.2 Å². The zero-order valence-corrected chi connectivity index (χ0v) is 6.32. The topological polar surface area (TPSA) is 114 Å². The Morgan fingerprint density at radius 3 is 1.92 bits per heavy atom. The van der Waals surface area contributed by atoms with Crippen LogP contribution in [0.4, 0.5) is 0 Å². The van der Waals surface area contributed by atoms with Crippen molar-refractivity contribution in [1.29, 1.82) is 0 Å². The molecule has 0 aromatic rings. The zero-order valence-electron chi connectivity index (χ0n) is 6.32. The molecule has 1 heterocycles. The average Bonchev–Trinajstić information content (AvgIpc) is 1.78. The van der Waals surface area contributed by atoms with Gasteiger partial charge in [0.1, 0.15) is 0 Å². The van der Waals surface area contributed by atoms with Gasteiger partial charge in [-0.2, -0.15) is 0 Å². The highest BCUT2D eigenvalue weighted by molar-refractivity contribution is 4.67. The van der Waals surface area contributed by atoms with E-state index in [1.54, 1.807) is 0 Å². The molecule has 0 aromatic heterocycles. The third kappa shape index (κ3) is 2.71. The van der Waals surface area contributed by atoms with Crippen LogP contribution in [0, 0.1) is 26.1 Å². The Bertz CT molecular complexity index is 199. The zero-order chi connectivity index (χ0) is 9.84. The standard InChI is InChI=1S/C4H6N2O7/c7-5(8)12-4(13-6(9)10)3-1-11-2-3/h3-4H,1-2H2. The van der Waals surface area contributed by atoms with Crippen molar-refractivity contribution in [1.82, 2.24) is 0 Å². The summed E-state index contributed by atoms with van der Waals surface area (Å²) in [6.45, 7) is 0.318. The highest BCUT2D eigenvalue weighted by atomic mass is 17.0. The van der Waals surface area contributed by atoms with Gasteiger partial charge in [-0.15, -0.1) is 20.2 Å². The lowest BCUT2D eigenvalue weighted by Gasteiger charge is -2.29. The van der Waals surface area contributed by atoms with Crippen LogP contribution in [0.15, 0.2) is 0 Å². The summed E-state index contributed by atoms with van der Waals surface area (Å²) in [5.41, 5.74) is 0. The highest BCUT2D eigenvalue weighted by Crippen LogP contribution is 2.18. The van der Waals surface area contributed by atoms with E-state index in [-0.39, 0.29) is 13.2 Å². The molecule has 0 N–H and O–H groups in total. The van der Waals surface area contributed by atoms with Crippen LogP contribution in [-0.4, -0.2) is 29.7 Å². The second-order valence-electron chi connectivity index (χ2n) is 2.32. The Morgan fingerprint density at radius 1 is 1.23 bits per heavy atom. The van der Waals surface area contributed by atoms with Gasteiger partial charge in [-0.05, 0) is 0 Å². The third-order valence-corrected chi connectivity index (χ3v) is 1.43. The van der Waals surface area contributed by atoms with E-state index in [1.165, 1.54) is 0 Å². The molecule has 0 saturated carbocycles. The highest BCUT2D eigenvalue weighted by Gasteiger charge is 2.34. The second kappa shape index (κ2) is 3.85. The minimum atomic E-state index is -1.49. The number of ether oxygens (including phenoxy) is 1. The molecule has 0 atom stereocenters. The maximum Gasteiger partial charge on any atom is 0.296 e. The smallest absolute Gasteiger partial charge is 0.296 e. The van der Waals surface area contributed by atoms with Crippen molar-refractivity contribution < 1.29 is 24.6 Å². The summed E-state index contributed by atoms with van der Waals surface area (Å²) >= 11 is 0. The summed E-state index contributed by atoms with van der Waals surface area (Å²) in [5, 5.41) is 17.5. The van der Waals surface area contributed by atoms with Gasteiger partial charge in [0.25, 0.3) is 16.5 Å². The Balaban J connectivity index is 2.42. The first kappa shape index (κ1) is 9.45. The van der Waals surface area contributed by atoms with Crippen LogP contribution >= 0.6 is 0 Å². The van der Waals surface area contributed by atoms with Gasteiger partial charge in [0.05, 0.1) is 19.1 Å². The molecule has 9 heteroatoms. The minimum Gasteiger partial charge on any atom is -0.380 e. The lowest BCUT2D eigenvalue weighted by molar-refractivity contribution is -0.855. The molecule has 1 aliphatic heterocycles. The monoisotopic (exact) mass is 194 g/mol. The van der Waals surface area contributed by atoms with Gasteiger partial charge in [0, 0.05) is 0 Å². The maximum absolute atomic E-state index is 9.88. The van der Waals surface area contributed by atoms with Crippen LogP contribution in [0.5, 0.6) is 0 Å². The van der Waals surface area contributed by atoms with Gasteiger partial charge >= 0.3 is 0 Å². The van der Waals surface area contributed by atoms with Gasteiger partial charge in [-0.25, -0.2) is 0 Å². The summed E-state index contributed by atoms with van der Waals surface area (Å²) in [4.78, 5) is 27.6. The fourth-order valence-corrected chi connectivity index (χ4v) is 0.772. The molecule has 74 valence electrons. The predicted molar refractivity (Wildman–Crippen MR) is 34.3 cm³/mol. The van der Waals surface area contributed by atoms with Crippen LogP contribution in [0.2, 0.25) is 0 Å². The molecular weight excluding hydrogens is 188 g/mol. The van der Waals surface area contributed by atoms with Gasteiger partial charge in [0.2, 0.25) is 0 Å². The molecular formula is C4H6N2O7. The molecule has 0 spiro atoms. The number of hydrogen-bond acceptors (Lipinski definition) is 7. The summed E-state index contributed by atoms with van der Waals surface area (Å²) in [7, 11) is 0. The lowest BCUT2D eigenvalue weighted by atomic mass is 10.1. The van der Waals surface area contributed by atoms with Crippen molar-refractivity contribution in [3.63, 3.8) is 0 Å². The van der Waals surface area contributed by atoms with E-state index in [4.69, 9.17) is 0 Å². The van der Waals surface area contributed by atoms with Crippen molar-refractivity contribution in [2.75, 3.05) is 13.2 Å².